The molecule has 0 spiro atoms. The molecule has 2 aromatic rings. The summed E-state index contributed by atoms with van der Waals surface area (Å²) in [5, 5.41) is 2.77. The van der Waals surface area contributed by atoms with E-state index in [9.17, 15) is 9.18 Å². The van der Waals surface area contributed by atoms with Gasteiger partial charge in [-0.2, -0.15) is 0 Å². The molecule has 0 radical (unpaired) electrons. The molecule has 1 aliphatic heterocycles. The number of benzene rings is 2. The topological polar surface area (TPSA) is 47.6 Å². The average Bonchev–Trinajstić information content (AvgIpc) is 2.94. The third-order valence-corrected chi connectivity index (χ3v) is 3.36. The molecule has 108 valence electrons. The van der Waals surface area contributed by atoms with Crippen LogP contribution in [-0.2, 0) is 0 Å². The van der Waals surface area contributed by atoms with E-state index in [4.69, 9.17) is 9.47 Å². The van der Waals surface area contributed by atoms with Crippen LogP contribution in [0.1, 0.15) is 28.9 Å². The number of ether oxygens (including phenoxy) is 2. The minimum atomic E-state index is -0.534. The summed E-state index contributed by atoms with van der Waals surface area (Å²) in [6.45, 7) is 2.03. The summed E-state index contributed by atoms with van der Waals surface area (Å²) < 4.78 is 24.1. The monoisotopic (exact) mass is 287 g/mol. The molecule has 0 aliphatic carbocycles. The zero-order valence-electron chi connectivity index (χ0n) is 11.4. The summed E-state index contributed by atoms with van der Waals surface area (Å²) in [5.41, 5.74) is 0.897. The number of rotatable bonds is 3. The van der Waals surface area contributed by atoms with Crippen molar-refractivity contribution in [1.29, 1.82) is 0 Å². The molecular weight excluding hydrogens is 273 g/mol. The van der Waals surface area contributed by atoms with Gasteiger partial charge in [0.25, 0.3) is 5.91 Å². The van der Waals surface area contributed by atoms with Gasteiger partial charge in [-0.15, -0.1) is 0 Å². The highest BCUT2D eigenvalue weighted by Crippen LogP contribution is 2.34. The minimum Gasteiger partial charge on any atom is -0.454 e. The van der Waals surface area contributed by atoms with E-state index in [0.717, 1.165) is 5.56 Å². The number of hydrogen-bond donors (Lipinski definition) is 1. The molecule has 2 aromatic carbocycles. The van der Waals surface area contributed by atoms with Crippen LogP contribution in [0.5, 0.6) is 11.5 Å². The standard InChI is InChI=1S/C16H14FNO3/c1-10(11-6-7-14-15(8-11)21-9-20-14)18-16(19)12-4-2-3-5-13(12)17/h2-8,10H,9H2,1H3,(H,18,19). The number of nitrogens with one attached hydrogen (secondary N) is 1. The smallest absolute Gasteiger partial charge is 0.254 e. The second-order valence-corrected chi connectivity index (χ2v) is 4.79. The van der Waals surface area contributed by atoms with Crippen molar-refractivity contribution in [2.24, 2.45) is 0 Å². The molecule has 4 nitrogen and oxygen atoms in total. The highest BCUT2D eigenvalue weighted by molar-refractivity contribution is 5.94. The van der Waals surface area contributed by atoms with Gasteiger partial charge in [-0.05, 0) is 36.8 Å². The van der Waals surface area contributed by atoms with Gasteiger partial charge in [0.05, 0.1) is 11.6 Å². The first-order valence-electron chi connectivity index (χ1n) is 6.60. The molecule has 3 rings (SSSR count). The molecule has 0 bridgehead atoms. The zero-order chi connectivity index (χ0) is 14.8. The zero-order valence-corrected chi connectivity index (χ0v) is 11.4. The quantitative estimate of drug-likeness (QED) is 0.944. The van der Waals surface area contributed by atoms with E-state index in [-0.39, 0.29) is 18.4 Å². The molecule has 0 saturated carbocycles. The molecule has 21 heavy (non-hydrogen) atoms. The maximum absolute atomic E-state index is 13.6. The Morgan fingerprint density at radius 2 is 1.95 bits per heavy atom. The van der Waals surface area contributed by atoms with Gasteiger partial charge in [0.2, 0.25) is 6.79 Å². The molecule has 1 N–H and O–H groups in total. The molecule has 1 aliphatic rings. The summed E-state index contributed by atoms with van der Waals surface area (Å²) >= 11 is 0. The third kappa shape index (κ3) is 2.67. The predicted molar refractivity (Wildman–Crippen MR) is 74.8 cm³/mol. The summed E-state index contributed by atoms with van der Waals surface area (Å²) in [4.78, 5) is 12.1. The van der Waals surface area contributed by atoms with Crippen molar-refractivity contribution in [3.8, 4) is 11.5 Å². The Morgan fingerprint density at radius 3 is 2.76 bits per heavy atom. The summed E-state index contributed by atoms with van der Waals surface area (Å²) in [6.07, 6.45) is 0. The number of halogens is 1. The number of carbonyl (C=O) groups excluding carboxylic acids is 1. The summed E-state index contributed by atoms with van der Waals surface area (Å²) in [5.74, 6) is 0.358. The molecule has 1 amide bonds. The van der Waals surface area contributed by atoms with Crippen molar-refractivity contribution in [2.45, 2.75) is 13.0 Å². The lowest BCUT2D eigenvalue weighted by atomic mass is 10.1. The van der Waals surface area contributed by atoms with Crippen molar-refractivity contribution in [1.82, 2.24) is 5.32 Å². The number of hydrogen-bond acceptors (Lipinski definition) is 3. The molecule has 0 fully saturated rings. The summed E-state index contributed by atoms with van der Waals surface area (Å²) in [7, 11) is 0. The van der Waals surface area contributed by atoms with E-state index in [0.29, 0.717) is 11.5 Å². The Labute approximate surface area is 121 Å². The van der Waals surface area contributed by atoms with Crippen LogP contribution in [0, 0.1) is 5.82 Å². The van der Waals surface area contributed by atoms with E-state index >= 15 is 0 Å². The van der Waals surface area contributed by atoms with Crippen LogP contribution in [0.2, 0.25) is 0 Å². The average molecular weight is 287 g/mol. The molecule has 1 unspecified atom stereocenters. The lowest BCUT2D eigenvalue weighted by Crippen LogP contribution is -2.27. The molecule has 0 aromatic heterocycles. The fourth-order valence-corrected chi connectivity index (χ4v) is 2.19. The van der Waals surface area contributed by atoms with Gasteiger partial charge >= 0.3 is 0 Å². The second-order valence-electron chi connectivity index (χ2n) is 4.79. The highest BCUT2D eigenvalue weighted by Gasteiger charge is 2.18. The fraction of sp³-hybridized carbons (Fsp3) is 0.188. The van der Waals surface area contributed by atoms with E-state index in [1.54, 1.807) is 18.2 Å². The number of amides is 1. The Morgan fingerprint density at radius 1 is 1.19 bits per heavy atom. The van der Waals surface area contributed by atoms with E-state index in [2.05, 4.69) is 5.32 Å². The highest BCUT2D eigenvalue weighted by atomic mass is 19.1. The van der Waals surface area contributed by atoms with Crippen molar-refractivity contribution in [3.05, 3.63) is 59.4 Å². The minimum absolute atomic E-state index is 0.0325. The maximum atomic E-state index is 13.6. The first-order chi connectivity index (χ1) is 10.1. The van der Waals surface area contributed by atoms with Gasteiger partial charge < -0.3 is 14.8 Å². The lowest BCUT2D eigenvalue weighted by Gasteiger charge is -2.15. The van der Waals surface area contributed by atoms with Crippen LogP contribution < -0.4 is 14.8 Å². The number of carbonyl (C=O) groups is 1. The summed E-state index contributed by atoms with van der Waals surface area (Å²) in [6, 6.07) is 11.1. The first kappa shape index (κ1) is 13.4. The van der Waals surface area contributed by atoms with Crippen molar-refractivity contribution < 1.29 is 18.7 Å². The Bertz CT molecular complexity index is 687. The SMILES string of the molecule is CC(NC(=O)c1ccccc1F)c1ccc2c(c1)OCO2. The van der Waals surface area contributed by atoms with E-state index in [1.165, 1.54) is 12.1 Å². The van der Waals surface area contributed by atoms with Crippen LogP contribution in [0.4, 0.5) is 4.39 Å². The van der Waals surface area contributed by atoms with Gasteiger partial charge in [0, 0.05) is 0 Å². The first-order valence-corrected chi connectivity index (χ1v) is 6.60. The molecular formula is C16H14FNO3. The second kappa shape index (κ2) is 5.44. The largest absolute Gasteiger partial charge is 0.454 e. The maximum Gasteiger partial charge on any atom is 0.254 e. The van der Waals surface area contributed by atoms with Crippen LogP contribution in [0.25, 0.3) is 0 Å². The molecule has 1 atom stereocenters. The van der Waals surface area contributed by atoms with Crippen molar-refractivity contribution in [3.63, 3.8) is 0 Å². The van der Waals surface area contributed by atoms with Gasteiger partial charge in [-0.1, -0.05) is 18.2 Å². The molecule has 0 saturated heterocycles. The predicted octanol–water partition coefficient (Wildman–Crippen LogP) is 3.05. The van der Waals surface area contributed by atoms with Crippen LogP contribution in [0.15, 0.2) is 42.5 Å². The van der Waals surface area contributed by atoms with Crippen LogP contribution >= 0.6 is 0 Å². The normalized spacial score (nSPS) is 13.8. The fourth-order valence-electron chi connectivity index (χ4n) is 2.19. The van der Waals surface area contributed by atoms with Crippen molar-refractivity contribution >= 4 is 5.91 Å². The molecule has 1 heterocycles. The molecule has 5 heteroatoms. The van der Waals surface area contributed by atoms with Crippen molar-refractivity contribution in [2.75, 3.05) is 6.79 Å². The van der Waals surface area contributed by atoms with Gasteiger partial charge in [0.15, 0.2) is 11.5 Å². The Hall–Kier alpha value is -2.56. The van der Waals surface area contributed by atoms with Crippen LogP contribution in [-0.4, -0.2) is 12.7 Å². The third-order valence-electron chi connectivity index (χ3n) is 3.36. The van der Waals surface area contributed by atoms with Crippen LogP contribution in [0.3, 0.4) is 0 Å². The lowest BCUT2D eigenvalue weighted by molar-refractivity contribution is 0.0935. The van der Waals surface area contributed by atoms with E-state index < -0.39 is 11.7 Å². The van der Waals surface area contributed by atoms with E-state index in [1.807, 2.05) is 19.1 Å². The Kier molecular flexibility index (Phi) is 3.48. The van der Waals surface area contributed by atoms with Gasteiger partial charge in [-0.3, -0.25) is 4.79 Å². The Balaban J connectivity index is 1.76. The van der Waals surface area contributed by atoms with Gasteiger partial charge in [-0.25, -0.2) is 4.39 Å². The number of fused-ring (bicyclic) bond motifs is 1. The van der Waals surface area contributed by atoms with Gasteiger partial charge in [0.1, 0.15) is 5.82 Å².